The summed E-state index contributed by atoms with van der Waals surface area (Å²) in [4.78, 5) is 33.7. The Labute approximate surface area is 97.0 Å². The van der Waals surface area contributed by atoms with E-state index in [1.807, 2.05) is 0 Å². The third-order valence-electron chi connectivity index (χ3n) is 2.14. The van der Waals surface area contributed by atoms with Gasteiger partial charge in [-0.15, -0.1) is 11.8 Å². The molecule has 1 fully saturated rings. The molecule has 1 saturated heterocycles. The maximum Gasteiger partial charge on any atom is 0.329 e. The first-order valence-electron chi connectivity index (χ1n) is 4.65. The molecule has 1 amide bonds. The fourth-order valence-electron chi connectivity index (χ4n) is 1.25. The Morgan fingerprint density at radius 1 is 1.44 bits per heavy atom. The van der Waals surface area contributed by atoms with E-state index in [1.165, 1.54) is 26.0 Å². The van der Waals surface area contributed by atoms with E-state index in [0.717, 1.165) is 0 Å². The minimum Gasteiger partial charge on any atom is -0.469 e. The van der Waals surface area contributed by atoms with E-state index < -0.39 is 23.2 Å². The molecule has 2 atom stereocenters. The van der Waals surface area contributed by atoms with Crippen molar-refractivity contribution in [3.05, 3.63) is 0 Å². The van der Waals surface area contributed by atoms with Gasteiger partial charge >= 0.3 is 11.9 Å². The van der Waals surface area contributed by atoms with E-state index in [1.54, 1.807) is 0 Å². The number of amides is 1. The number of hydrogen-bond donors (Lipinski definition) is 1. The van der Waals surface area contributed by atoms with Gasteiger partial charge in [-0.05, 0) is 0 Å². The monoisotopic (exact) mass is 247 g/mol. The molecular formula is C9H13NO5S. The molecule has 7 heteroatoms. The average Bonchev–Trinajstić information content (AvgIpc) is 2.30. The van der Waals surface area contributed by atoms with Gasteiger partial charge in [-0.2, -0.15) is 0 Å². The zero-order chi connectivity index (χ0) is 12.1. The molecule has 1 rings (SSSR count). The normalized spacial score (nSPS) is 24.5. The van der Waals surface area contributed by atoms with E-state index >= 15 is 0 Å². The van der Waals surface area contributed by atoms with Crippen LogP contribution in [0.3, 0.4) is 0 Å². The summed E-state index contributed by atoms with van der Waals surface area (Å²) in [6.45, 7) is 0. The van der Waals surface area contributed by atoms with Gasteiger partial charge in [0.15, 0.2) is 0 Å². The SMILES string of the molecule is COC(=O)C[C@@H]1SC[C@@H](C(=O)OC)NC1=O. The molecule has 0 aliphatic carbocycles. The zero-order valence-corrected chi connectivity index (χ0v) is 9.83. The highest BCUT2D eigenvalue weighted by atomic mass is 32.2. The van der Waals surface area contributed by atoms with Crippen LogP contribution >= 0.6 is 11.8 Å². The predicted octanol–water partition coefficient (Wildman–Crippen LogP) is -0.677. The van der Waals surface area contributed by atoms with Crippen molar-refractivity contribution in [1.29, 1.82) is 0 Å². The van der Waals surface area contributed by atoms with Gasteiger partial charge in [-0.3, -0.25) is 9.59 Å². The standard InChI is InChI=1S/C9H13NO5S/c1-14-7(11)3-6-8(12)10-5(4-16-6)9(13)15-2/h5-6H,3-4H2,1-2H3,(H,10,12)/t5-,6-/m0/s1. The lowest BCUT2D eigenvalue weighted by atomic mass is 10.2. The molecule has 0 bridgehead atoms. The van der Waals surface area contributed by atoms with Crippen LogP contribution in [0, 0.1) is 0 Å². The van der Waals surface area contributed by atoms with Gasteiger partial charge in [0.25, 0.3) is 0 Å². The van der Waals surface area contributed by atoms with Crippen molar-refractivity contribution in [2.45, 2.75) is 17.7 Å². The van der Waals surface area contributed by atoms with E-state index in [-0.39, 0.29) is 12.3 Å². The molecule has 0 radical (unpaired) electrons. The molecular weight excluding hydrogens is 234 g/mol. The second-order valence-corrected chi connectivity index (χ2v) is 4.42. The van der Waals surface area contributed by atoms with Crippen molar-refractivity contribution in [1.82, 2.24) is 5.32 Å². The van der Waals surface area contributed by atoms with Gasteiger partial charge in [0.2, 0.25) is 5.91 Å². The van der Waals surface area contributed by atoms with E-state index in [9.17, 15) is 14.4 Å². The van der Waals surface area contributed by atoms with Gasteiger partial charge in [0.05, 0.1) is 25.9 Å². The number of hydrogen-bond acceptors (Lipinski definition) is 6. The van der Waals surface area contributed by atoms with Gasteiger partial charge in [-0.1, -0.05) is 0 Å². The molecule has 6 nitrogen and oxygen atoms in total. The minimum absolute atomic E-state index is 0.0148. The molecule has 0 spiro atoms. The molecule has 1 aliphatic heterocycles. The predicted molar refractivity (Wildman–Crippen MR) is 56.8 cm³/mol. The molecule has 90 valence electrons. The summed E-state index contributed by atoms with van der Waals surface area (Å²) in [5.74, 6) is -0.848. The summed E-state index contributed by atoms with van der Waals surface area (Å²) >= 11 is 1.25. The Morgan fingerprint density at radius 2 is 2.12 bits per heavy atom. The van der Waals surface area contributed by atoms with Gasteiger partial charge in [-0.25, -0.2) is 4.79 Å². The Bertz CT molecular complexity index is 306. The van der Waals surface area contributed by atoms with Crippen LogP contribution in [-0.4, -0.2) is 49.1 Å². The number of rotatable bonds is 3. The van der Waals surface area contributed by atoms with Crippen molar-refractivity contribution in [3.63, 3.8) is 0 Å². The maximum absolute atomic E-state index is 11.5. The largest absolute Gasteiger partial charge is 0.469 e. The van der Waals surface area contributed by atoms with Crippen molar-refractivity contribution in [2.24, 2.45) is 0 Å². The lowest BCUT2D eigenvalue weighted by Gasteiger charge is -2.26. The van der Waals surface area contributed by atoms with Crippen LogP contribution in [-0.2, 0) is 23.9 Å². The third-order valence-corrected chi connectivity index (χ3v) is 3.45. The zero-order valence-electron chi connectivity index (χ0n) is 9.02. The summed E-state index contributed by atoms with van der Waals surface area (Å²) in [5.41, 5.74) is 0. The highest BCUT2D eigenvalue weighted by molar-refractivity contribution is 8.00. The summed E-state index contributed by atoms with van der Waals surface area (Å²) in [7, 11) is 2.53. The highest BCUT2D eigenvalue weighted by Gasteiger charge is 2.34. The van der Waals surface area contributed by atoms with Crippen molar-refractivity contribution in [2.75, 3.05) is 20.0 Å². The van der Waals surface area contributed by atoms with E-state index in [2.05, 4.69) is 14.8 Å². The van der Waals surface area contributed by atoms with Gasteiger partial charge in [0.1, 0.15) is 6.04 Å². The van der Waals surface area contributed by atoms with Crippen LogP contribution < -0.4 is 5.32 Å². The molecule has 1 aliphatic rings. The Balaban J connectivity index is 2.49. The fourth-order valence-corrected chi connectivity index (χ4v) is 2.37. The Morgan fingerprint density at radius 3 is 2.62 bits per heavy atom. The first kappa shape index (κ1) is 12.8. The first-order valence-corrected chi connectivity index (χ1v) is 5.70. The van der Waals surface area contributed by atoms with Crippen LogP contribution in [0.2, 0.25) is 0 Å². The molecule has 0 aromatic rings. The Kier molecular flexibility index (Phi) is 4.60. The number of thioether (sulfide) groups is 1. The number of esters is 2. The lowest BCUT2D eigenvalue weighted by Crippen LogP contribution is -2.51. The van der Waals surface area contributed by atoms with Crippen LogP contribution in [0.25, 0.3) is 0 Å². The van der Waals surface area contributed by atoms with Crippen molar-refractivity contribution in [3.8, 4) is 0 Å². The number of ether oxygens (including phenoxy) is 2. The second kappa shape index (κ2) is 5.74. The topological polar surface area (TPSA) is 81.7 Å². The molecule has 1 heterocycles. The van der Waals surface area contributed by atoms with Crippen molar-refractivity contribution >= 4 is 29.6 Å². The number of carbonyl (C=O) groups excluding carboxylic acids is 3. The minimum atomic E-state index is -0.628. The maximum atomic E-state index is 11.5. The molecule has 1 N–H and O–H groups in total. The molecule has 0 aromatic carbocycles. The van der Waals surface area contributed by atoms with Gasteiger partial charge < -0.3 is 14.8 Å². The highest BCUT2D eigenvalue weighted by Crippen LogP contribution is 2.21. The molecule has 0 saturated carbocycles. The summed E-state index contributed by atoms with van der Waals surface area (Å²) in [5, 5.41) is 2.01. The van der Waals surface area contributed by atoms with E-state index in [0.29, 0.717) is 5.75 Å². The quantitative estimate of drug-likeness (QED) is 0.666. The molecule has 16 heavy (non-hydrogen) atoms. The smallest absolute Gasteiger partial charge is 0.329 e. The first-order chi connectivity index (χ1) is 7.58. The van der Waals surface area contributed by atoms with Crippen LogP contribution in [0.1, 0.15) is 6.42 Å². The van der Waals surface area contributed by atoms with Gasteiger partial charge in [0, 0.05) is 5.75 Å². The second-order valence-electron chi connectivity index (χ2n) is 3.19. The van der Waals surface area contributed by atoms with E-state index in [4.69, 9.17) is 0 Å². The van der Waals surface area contributed by atoms with Crippen LogP contribution in [0.15, 0.2) is 0 Å². The number of carbonyl (C=O) groups is 3. The van der Waals surface area contributed by atoms with Crippen molar-refractivity contribution < 1.29 is 23.9 Å². The molecule has 0 unspecified atom stereocenters. The summed E-state index contributed by atoms with van der Waals surface area (Å²) in [6.07, 6.45) is 0.0148. The van der Waals surface area contributed by atoms with Crippen LogP contribution in [0.4, 0.5) is 0 Å². The number of methoxy groups -OCH3 is 2. The summed E-state index contributed by atoms with van der Waals surface area (Å²) in [6, 6.07) is -0.628. The van der Waals surface area contributed by atoms with Crippen LogP contribution in [0.5, 0.6) is 0 Å². The average molecular weight is 247 g/mol. The lowest BCUT2D eigenvalue weighted by molar-refractivity contribution is -0.145. The fraction of sp³-hybridized carbons (Fsp3) is 0.667. The third kappa shape index (κ3) is 3.13. The Hall–Kier alpha value is -1.24. The number of nitrogens with one attached hydrogen (secondary N) is 1. The molecule has 0 aromatic heterocycles. The summed E-state index contributed by atoms with van der Waals surface area (Å²) < 4.78 is 8.99.